The third kappa shape index (κ3) is 2.07. The van der Waals surface area contributed by atoms with E-state index in [-0.39, 0.29) is 6.42 Å². The Morgan fingerprint density at radius 1 is 1.36 bits per heavy atom. The van der Waals surface area contributed by atoms with Gasteiger partial charge in [-0.3, -0.25) is 4.79 Å². The van der Waals surface area contributed by atoms with Gasteiger partial charge in [-0.2, -0.15) is 0 Å². The van der Waals surface area contributed by atoms with Crippen molar-refractivity contribution in [1.29, 1.82) is 0 Å². The van der Waals surface area contributed by atoms with Crippen LogP contribution in [-0.4, -0.2) is 48.8 Å². The Balaban J connectivity index is 1.70. The maximum Gasteiger partial charge on any atom is 0.304 e. The second kappa shape index (κ2) is 3.87. The third-order valence-electron chi connectivity index (χ3n) is 3.31. The zero-order chi connectivity index (χ0) is 10.0. The fourth-order valence-electron chi connectivity index (χ4n) is 2.43. The fraction of sp³-hybridized carbons (Fsp3) is 0.900. The monoisotopic (exact) mass is 199 g/mol. The van der Waals surface area contributed by atoms with Gasteiger partial charge in [-0.25, -0.2) is 0 Å². The van der Waals surface area contributed by atoms with Crippen molar-refractivity contribution in [3.8, 4) is 0 Å². The summed E-state index contributed by atoms with van der Waals surface area (Å²) >= 11 is 0. The number of rotatable bonds is 3. The summed E-state index contributed by atoms with van der Waals surface area (Å²) in [5.74, 6) is -0.696. The molecule has 2 fully saturated rings. The molecular weight excluding hydrogens is 182 g/mol. The molecule has 14 heavy (non-hydrogen) atoms. The van der Waals surface area contributed by atoms with E-state index >= 15 is 0 Å². The van der Waals surface area contributed by atoms with Crippen LogP contribution < -0.4 is 0 Å². The molecule has 1 spiro atoms. The zero-order valence-corrected chi connectivity index (χ0v) is 8.37. The van der Waals surface area contributed by atoms with Gasteiger partial charge in [-0.15, -0.1) is 0 Å². The van der Waals surface area contributed by atoms with Gasteiger partial charge in [0, 0.05) is 38.3 Å². The molecule has 0 unspecified atom stereocenters. The van der Waals surface area contributed by atoms with Gasteiger partial charge in [0.15, 0.2) is 0 Å². The molecule has 2 heterocycles. The van der Waals surface area contributed by atoms with Crippen molar-refractivity contribution in [2.45, 2.75) is 19.3 Å². The predicted molar refractivity (Wildman–Crippen MR) is 51.2 cm³/mol. The number of carboxylic acids is 1. The standard InChI is InChI=1S/C10H17NO3/c12-9(13)1-4-11-7-10(8-11)2-5-14-6-3-10/h1-8H2,(H,12,13). The molecule has 1 N–H and O–H groups in total. The Bertz CT molecular complexity index is 215. The molecule has 0 saturated carbocycles. The van der Waals surface area contributed by atoms with E-state index in [1.165, 1.54) is 0 Å². The fourth-order valence-corrected chi connectivity index (χ4v) is 2.43. The molecule has 0 aromatic heterocycles. The molecular formula is C10H17NO3. The second-order valence-corrected chi connectivity index (χ2v) is 4.47. The topological polar surface area (TPSA) is 49.8 Å². The summed E-state index contributed by atoms with van der Waals surface area (Å²) in [5.41, 5.74) is 0.469. The highest BCUT2D eigenvalue weighted by atomic mass is 16.5. The lowest BCUT2D eigenvalue weighted by atomic mass is 9.73. The van der Waals surface area contributed by atoms with Crippen molar-refractivity contribution in [1.82, 2.24) is 4.90 Å². The number of aliphatic carboxylic acids is 1. The molecule has 4 heteroatoms. The molecule has 0 atom stereocenters. The summed E-state index contributed by atoms with van der Waals surface area (Å²) in [6.45, 7) is 4.62. The van der Waals surface area contributed by atoms with Crippen molar-refractivity contribution < 1.29 is 14.6 Å². The van der Waals surface area contributed by atoms with Gasteiger partial charge in [0.25, 0.3) is 0 Å². The summed E-state index contributed by atoms with van der Waals surface area (Å²) < 4.78 is 5.32. The number of hydrogen-bond donors (Lipinski definition) is 1. The van der Waals surface area contributed by atoms with Crippen LogP contribution in [0.25, 0.3) is 0 Å². The van der Waals surface area contributed by atoms with E-state index in [2.05, 4.69) is 4.90 Å². The third-order valence-corrected chi connectivity index (χ3v) is 3.31. The van der Waals surface area contributed by atoms with E-state index in [1.807, 2.05) is 0 Å². The normalized spacial score (nSPS) is 26.0. The van der Waals surface area contributed by atoms with Crippen LogP contribution in [0.15, 0.2) is 0 Å². The van der Waals surface area contributed by atoms with Crippen molar-refractivity contribution in [2.24, 2.45) is 5.41 Å². The number of ether oxygens (including phenoxy) is 1. The number of carbonyl (C=O) groups is 1. The van der Waals surface area contributed by atoms with Crippen LogP contribution in [-0.2, 0) is 9.53 Å². The molecule has 0 aliphatic carbocycles. The van der Waals surface area contributed by atoms with Gasteiger partial charge >= 0.3 is 5.97 Å². The van der Waals surface area contributed by atoms with Gasteiger partial charge in [0.05, 0.1) is 6.42 Å². The van der Waals surface area contributed by atoms with E-state index in [0.717, 1.165) is 39.1 Å². The Morgan fingerprint density at radius 2 is 2.00 bits per heavy atom. The van der Waals surface area contributed by atoms with Gasteiger partial charge in [-0.1, -0.05) is 0 Å². The minimum atomic E-state index is -0.696. The van der Waals surface area contributed by atoms with Crippen LogP contribution in [0, 0.1) is 5.41 Å². The number of carboxylic acid groups (broad SMARTS) is 1. The highest BCUT2D eigenvalue weighted by Gasteiger charge is 2.43. The lowest BCUT2D eigenvalue weighted by Gasteiger charge is -2.52. The first-order valence-electron chi connectivity index (χ1n) is 5.22. The molecule has 0 amide bonds. The Morgan fingerprint density at radius 3 is 2.57 bits per heavy atom. The van der Waals surface area contributed by atoms with Crippen LogP contribution in [0.1, 0.15) is 19.3 Å². The average Bonchev–Trinajstić information content (AvgIpc) is 2.12. The van der Waals surface area contributed by atoms with E-state index in [0.29, 0.717) is 12.0 Å². The maximum absolute atomic E-state index is 10.4. The minimum absolute atomic E-state index is 0.270. The SMILES string of the molecule is O=C(O)CCN1CC2(CCOCC2)C1. The van der Waals surface area contributed by atoms with Crippen molar-refractivity contribution >= 4 is 5.97 Å². The van der Waals surface area contributed by atoms with Crippen LogP contribution in [0.3, 0.4) is 0 Å². The highest BCUT2D eigenvalue weighted by molar-refractivity contribution is 5.66. The van der Waals surface area contributed by atoms with E-state index in [4.69, 9.17) is 9.84 Å². The van der Waals surface area contributed by atoms with E-state index in [9.17, 15) is 4.79 Å². The highest BCUT2D eigenvalue weighted by Crippen LogP contribution is 2.39. The van der Waals surface area contributed by atoms with Gasteiger partial charge in [0.2, 0.25) is 0 Å². The quantitative estimate of drug-likeness (QED) is 0.722. The smallest absolute Gasteiger partial charge is 0.304 e. The summed E-state index contributed by atoms with van der Waals surface area (Å²) in [4.78, 5) is 12.6. The van der Waals surface area contributed by atoms with Crippen molar-refractivity contribution in [2.75, 3.05) is 32.8 Å². The van der Waals surface area contributed by atoms with Gasteiger partial charge in [0.1, 0.15) is 0 Å². The molecule has 2 aliphatic heterocycles. The van der Waals surface area contributed by atoms with Crippen LogP contribution >= 0.6 is 0 Å². The second-order valence-electron chi connectivity index (χ2n) is 4.47. The summed E-state index contributed by atoms with van der Waals surface area (Å²) in [6, 6.07) is 0. The molecule has 0 aromatic rings. The summed E-state index contributed by atoms with van der Waals surface area (Å²) in [6.07, 6.45) is 2.57. The molecule has 2 rings (SSSR count). The lowest BCUT2D eigenvalue weighted by molar-refractivity contribution is -0.139. The minimum Gasteiger partial charge on any atom is -0.481 e. The maximum atomic E-state index is 10.4. The number of nitrogens with zero attached hydrogens (tertiary/aromatic N) is 1. The van der Waals surface area contributed by atoms with E-state index in [1.54, 1.807) is 0 Å². The lowest BCUT2D eigenvalue weighted by Crippen LogP contribution is -2.58. The molecule has 0 aromatic carbocycles. The van der Waals surface area contributed by atoms with Gasteiger partial charge < -0.3 is 14.7 Å². The molecule has 2 aliphatic rings. The van der Waals surface area contributed by atoms with Crippen molar-refractivity contribution in [3.05, 3.63) is 0 Å². The number of hydrogen-bond acceptors (Lipinski definition) is 3. The molecule has 4 nitrogen and oxygen atoms in total. The Labute approximate surface area is 83.8 Å². The van der Waals surface area contributed by atoms with Crippen molar-refractivity contribution in [3.63, 3.8) is 0 Å². The summed E-state index contributed by atoms with van der Waals surface area (Å²) in [5, 5.41) is 8.54. The Kier molecular flexibility index (Phi) is 2.74. The average molecular weight is 199 g/mol. The summed E-state index contributed by atoms with van der Waals surface area (Å²) in [7, 11) is 0. The molecule has 80 valence electrons. The number of likely N-dealkylation sites (tertiary alicyclic amines) is 1. The first-order chi connectivity index (χ1) is 6.70. The molecule has 0 radical (unpaired) electrons. The largest absolute Gasteiger partial charge is 0.481 e. The van der Waals surface area contributed by atoms with Crippen LogP contribution in [0.4, 0.5) is 0 Å². The predicted octanol–water partition coefficient (Wildman–Crippen LogP) is 0.573. The zero-order valence-electron chi connectivity index (χ0n) is 8.37. The van der Waals surface area contributed by atoms with E-state index < -0.39 is 5.97 Å². The first-order valence-corrected chi connectivity index (χ1v) is 5.22. The van der Waals surface area contributed by atoms with Gasteiger partial charge in [-0.05, 0) is 12.8 Å². The molecule has 0 bridgehead atoms. The molecule has 2 saturated heterocycles. The first kappa shape index (κ1) is 9.93. The Hall–Kier alpha value is -0.610. The van der Waals surface area contributed by atoms with Crippen LogP contribution in [0.2, 0.25) is 0 Å². The van der Waals surface area contributed by atoms with Crippen LogP contribution in [0.5, 0.6) is 0 Å².